The molecule has 1 fully saturated rings. The van der Waals surface area contributed by atoms with Gasteiger partial charge in [-0.25, -0.2) is 0 Å². The molecule has 5 nitrogen and oxygen atoms in total. The van der Waals surface area contributed by atoms with Gasteiger partial charge in [-0.15, -0.1) is 0 Å². The third-order valence-corrected chi connectivity index (χ3v) is 5.96. The van der Waals surface area contributed by atoms with Gasteiger partial charge in [0, 0.05) is 19.6 Å². The Morgan fingerprint density at radius 2 is 1.75 bits per heavy atom. The highest BCUT2D eigenvalue weighted by Crippen LogP contribution is 2.27. The molecule has 0 radical (unpaired) electrons. The van der Waals surface area contributed by atoms with Gasteiger partial charge >= 0.3 is 0 Å². The van der Waals surface area contributed by atoms with E-state index >= 15 is 0 Å². The molecule has 1 saturated heterocycles. The van der Waals surface area contributed by atoms with Crippen LogP contribution in [0.4, 0.5) is 0 Å². The SMILES string of the molecule is COc1ccccc1C(=O)N1CCNC(=O)C(Cc2ccccc2-c2ccc(C)cc2)C1. The summed E-state index contributed by atoms with van der Waals surface area (Å²) < 4.78 is 5.38. The number of carbonyl (C=O) groups is 2. The molecule has 1 unspecified atom stereocenters. The predicted octanol–water partition coefficient (Wildman–Crippen LogP) is 4.10. The quantitative estimate of drug-likeness (QED) is 0.666. The lowest BCUT2D eigenvalue weighted by Gasteiger charge is -2.24. The Bertz CT molecular complexity index is 1110. The Labute approximate surface area is 189 Å². The smallest absolute Gasteiger partial charge is 0.257 e. The zero-order valence-corrected chi connectivity index (χ0v) is 18.5. The minimum atomic E-state index is -0.331. The number of rotatable bonds is 5. The van der Waals surface area contributed by atoms with E-state index in [1.165, 1.54) is 5.56 Å². The van der Waals surface area contributed by atoms with E-state index in [-0.39, 0.29) is 17.7 Å². The van der Waals surface area contributed by atoms with E-state index in [0.29, 0.717) is 37.4 Å². The summed E-state index contributed by atoms with van der Waals surface area (Å²) >= 11 is 0. The fraction of sp³-hybridized carbons (Fsp3) is 0.259. The monoisotopic (exact) mass is 428 g/mol. The summed E-state index contributed by atoms with van der Waals surface area (Å²) in [7, 11) is 1.56. The summed E-state index contributed by atoms with van der Waals surface area (Å²) in [6.07, 6.45) is 0.561. The number of hydrogen-bond acceptors (Lipinski definition) is 3. The van der Waals surface area contributed by atoms with Crippen LogP contribution in [-0.4, -0.2) is 43.5 Å². The standard InChI is InChI=1S/C27H28N2O3/c1-19-11-13-20(14-12-19)23-8-4-3-7-21(23)17-22-18-29(16-15-28-26(22)30)27(31)24-9-5-6-10-25(24)32-2/h3-14,22H,15-18H2,1-2H3,(H,28,30). The maximum atomic E-state index is 13.3. The topological polar surface area (TPSA) is 58.6 Å². The molecule has 0 bridgehead atoms. The molecule has 3 aromatic carbocycles. The van der Waals surface area contributed by atoms with Gasteiger partial charge in [-0.1, -0.05) is 66.2 Å². The molecule has 1 aliphatic heterocycles. The van der Waals surface area contributed by atoms with E-state index in [9.17, 15) is 9.59 Å². The molecule has 5 heteroatoms. The summed E-state index contributed by atoms with van der Waals surface area (Å²) in [4.78, 5) is 27.9. The molecular weight excluding hydrogens is 400 g/mol. The molecule has 3 aromatic rings. The van der Waals surface area contributed by atoms with E-state index in [4.69, 9.17) is 4.74 Å². The zero-order valence-electron chi connectivity index (χ0n) is 18.5. The summed E-state index contributed by atoms with van der Waals surface area (Å²) in [5.74, 6) is 0.0832. The minimum Gasteiger partial charge on any atom is -0.496 e. The highest BCUT2D eigenvalue weighted by atomic mass is 16.5. The van der Waals surface area contributed by atoms with Crippen molar-refractivity contribution < 1.29 is 14.3 Å². The number of nitrogens with zero attached hydrogens (tertiary/aromatic N) is 1. The first-order chi connectivity index (χ1) is 15.6. The third kappa shape index (κ3) is 4.67. The van der Waals surface area contributed by atoms with E-state index in [2.05, 4.69) is 48.6 Å². The average molecular weight is 429 g/mol. The van der Waals surface area contributed by atoms with Gasteiger partial charge in [0.25, 0.3) is 5.91 Å². The van der Waals surface area contributed by atoms with Crippen molar-refractivity contribution in [2.24, 2.45) is 5.92 Å². The number of amides is 2. The molecule has 1 aliphatic rings. The van der Waals surface area contributed by atoms with Crippen molar-refractivity contribution in [1.82, 2.24) is 10.2 Å². The molecule has 0 aromatic heterocycles. The molecule has 2 amide bonds. The lowest BCUT2D eigenvalue weighted by molar-refractivity contribution is -0.124. The Balaban J connectivity index is 1.59. The van der Waals surface area contributed by atoms with Crippen molar-refractivity contribution in [3.05, 3.63) is 89.5 Å². The molecule has 1 N–H and O–H groups in total. The number of para-hydroxylation sites is 1. The Hall–Kier alpha value is -3.60. The van der Waals surface area contributed by atoms with Crippen molar-refractivity contribution >= 4 is 11.8 Å². The van der Waals surface area contributed by atoms with Gasteiger partial charge in [-0.2, -0.15) is 0 Å². The second-order valence-electron chi connectivity index (χ2n) is 8.17. The number of ether oxygens (including phenoxy) is 1. The maximum absolute atomic E-state index is 13.3. The van der Waals surface area contributed by atoms with Crippen LogP contribution in [-0.2, 0) is 11.2 Å². The predicted molar refractivity (Wildman–Crippen MR) is 126 cm³/mol. The Morgan fingerprint density at radius 1 is 1.03 bits per heavy atom. The van der Waals surface area contributed by atoms with Crippen molar-refractivity contribution in [1.29, 1.82) is 0 Å². The van der Waals surface area contributed by atoms with Crippen LogP contribution < -0.4 is 10.1 Å². The van der Waals surface area contributed by atoms with Crippen molar-refractivity contribution in [2.45, 2.75) is 13.3 Å². The molecule has 0 saturated carbocycles. The fourth-order valence-corrected chi connectivity index (χ4v) is 4.21. The Morgan fingerprint density at radius 3 is 2.53 bits per heavy atom. The average Bonchev–Trinajstić information content (AvgIpc) is 3.01. The Kier molecular flexibility index (Phi) is 6.55. The number of benzene rings is 3. The third-order valence-electron chi connectivity index (χ3n) is 5.96. The summed E-state index contributed by atoms with van der Waals surface area (Å²) in [6.45, 7) is 3.35. The summed E-state index contributed by atoms with van der Waals surface area (Å²) in [5, 5.41) is 2.98. The van der Waals surface area contributed by atoms with Gasteiger partial charge in [-0.05, 0) is 42.2 Å². The van der Waals surface area contributed by atoms with Crippen LogP contribution in [0.5, 0.6) is 5.75 Å². The highest BCUT2D eigenvalue weighted by molar-refractivity contribution is 5.97. The normalized spacial score (nSPS) is 16.2. The van der Waals surface area contributed by atoms with E-state index < -0.39 is 0 Å². The van der Waals surface area contributed by atoms with E-state index in [0.717, 1.165) is 16.7 Å². The van der Waals surface area contributed by atoms with Gasteiger partial charge in [0.1, 0.15) is 5.75 Å². The van der Waals surface area contributed by atoms with Gasteiger partial charge in [0.05, 0.1) is 18.6 Å². The van der Waals surface area contributed by atoms with Crippen LogP contribution in [0.25, 0.3) is 11.1 Å². The molecule has 1 atom stereocenters. The molecule has 1 heterocycles. The zero-order chi connectivity index (χ0) is 22.5. The molecule has 32 heavy (non-hydrogen) atoms. The minimum absolute atomic E-state index is 0.0148. The molecule has 0 spiro atoms. The van der Waals surface area contributed by atoms with E-state index in [1.807, 2.05) is 24.3 Å². The molecule has 4 rings (SSSR count). The number of nitrogens with one attached hydrogen (secondary N) is 1. The van der Waals surface area contributed by atoms with Gasteiger partial charge in [0.15, 0.2) is 0 Å². The molecular formula is C27H28N2O3. The van der Waals surface area contributed by atoms with Crippen molar-refractivity contribution in [2.75, 3.05) is 26.7 Å². The second kappa shape index (κ2) is 9.69. The van der Waals surface area contributed by atoms with Crippen LogP contribution in [0.2, 0.25) is 0 Å². The summed E-state index contributed by atoms with van der Waals surface area (Å²) in [6, 6.07) is 23.8. The lowest BCUT2D eigenvalue weighted by atomic mass is 9.91. The summed E-state index contributed by atoms with van der Waals surface area (Å²) in [5.41, 5.74) is 5.07. The number of hydrogen-bond donors (Lipinski definition) is 1. The maximum Gasteiger partial charge on any atom is 0.257 e. The first kappa shape index (κ1) is 21.6. The van der Waals surface area contributed by atoms with Crippen LogP contribution >= 0.6 is 0 Å². The van der Waals surface area contributed by atoms with Crippen LogP contribution in [0.3, 0.4) is 0 Å². The number of carbonyl (C=O) groups excluding carboxylic acids is 2. The van der Waals surface area contributed by atoms with E-state index in [1.54, 1.807) is 24.1 Å². The van der Waals surface area contributed by atoms with Gasteiger partial charge in [0.2, 0.25) is 5.91 Å². The molecule has 164 valence electrons. The highest BCUT2D eigenvalue weighted by Gasteiger charge is 2.29. The van der Waals surface area contributed by atoms with Crippen molar-refractivity contribution in [3.8, 4) is 16.9 Å². The fourth-order valence-electron chi connectivity index (χ4n) is 4.21. The lowest BCUT2D eigenvalue weighted by Crippen LogP contribution is -2.37. The van der Waals surface area contributed by atoms with Gasteiger partial charge in [-0.3, -0.25) is 9.59 Å². The van der Waals surface area contributed by atoms with Crippen molar-refractivity contribution in [3.63, 3.8) is 0 Å². The second-order valence-corrected chi connectivity index (χ2v) is 8.17. The number of methoxy groups -OCH3 is 1. The van der Waals surface area contributed by atoms with Crippen LogP contribution in [0.15, 0.2) is 72.8 Å². The first-order valence-corrected chi connectivity index (χ1v) is 10.9. The largest absolute Gasteiger partial charge is 0.496 e. The molecule has 0 aliphatic carbocycles. The number of aryl methyl sites for hydroxylation is 1. The van der Waals surface area contributed by atoms with Gasteiger partial charge < -0.3 is 15.0 Å². The van der Waals surface area contributed by atoms with Crippen LogP contribution in [0, 0.1) is 12.8 Å². The van der Waals surface area contributed by atoms with Crippen LogP contribution in [0.1, 0.15) is 21.5 Å². The first-order valence-electron chi connectivity index (χ1n) is 10.9.